The second-order valence-corrected chi connectivity index (χ2v) is 4.95. The number of hydrogen-bond donors (Lipinski definition) is 5. The highest BCUT2D eigenvalue weighted by Crippen LogP contribution is 2.36. The molecule has 6 atom stereocenters. The molecule has 1 aliphatic rings. The molecular formula is C12H20O10. The van der Waals surface area contributed by atoms with Gasteiger partial charge in [-0.1, -0.05) is 6.92 Å². The van der Waals surface area contributed by atoms with Crippen molar-refractivity contribution in [3.8, 4) is 0 Å². The smallest absolute Gasteiger partial charge is 0.364 e. The van der Waals surface area contributed by atoms with Gasteiger partial charge in [0.05, 0.1) is 6.61 Å². The van der Waals surface area contributed by atoms with Crippen LogP contribution >= 0.6 is 0 Å². The quantitative estimate of drug-likeness (QED) is 0.269. The van der Waals surface area contributed by atoms with Crippen LogP contribution in [0.3, 0.4) is 0 Å². The lowest BCUT2D eigenvalue weighted by Crippen LogP contribution is -2.68. The van der Waals surface area contributed by atoms with Crippen molar-refractivity contribution in [1.82, 2.24) is 0 Å². The van der Waals surface area contributed by atoms with E-state index >= 15 is 0 Å². The molecule has 10 nitrogen and oxygen atoms in total. The van der Waals surface area contributed by atoms with Gasteiger partial charge in [0.2, 0.25) is 5.79 Å². The van der Waals surface area contributed by atoms with Gasteiger partial charge >= 0.3 is 11.9 Å². The summed E-state index contributed by atoms with van der Waals surface area (Å²) >= 11 is 0. The summed E-state index contributed by atoms with van der Waals surface area (Å²) in [6.07, 6.45) is -7.14. The Bertz CT molecular complexity index is 411. The van der Waals surface area contributed by atoms with Gasteiger partial charge in [-0.3, -0.25) is 0 Å². The van der Waals surface area contributed by atoms with E-state index in [0.29, 0.717) is 0 Å². The maximum Gasteiger partial charge on any atom is 0.364 e. The lowest BCUT2D eigenvalue weighted by molar-refractivity contribution is -0.369. The SMILES string of the molecule is CCC(C(=O)OOC(C)=O)C1(O)O[C@H](CO)[C@@H](O)[C@H](O)[C@H]1O. The van der Waals surface area contributed by atoms with E-state index in [0.717, 1.165) is 6.92 Å². The van der Waals surface area contributed by atoms with E-state index in [1.54, 1.807) is 0 Å². The molecule has 10 heteroatoms. The number of ether oxygens (including phenoxy) is 1. The third-order valence-electron chi connectivity index (χ3n) is 3.43. The van der Waals surface area contributed by atoms with Crippen LogP contribution in [0.4, 0.5) is 0 Å². The second-order valence-electron chi connectivity index (χ2n) is 4.95. The van der Waals surface area contributed by atoms with Gasteiger partial charge in [0.1, 0.15) is 30.3 Å². The fourth-order valence-corrected chi connectivity index (χ4v) is 2.25. The van der Waals surface area contributed by atoms with Crippen molar-refractivity contribution in [2.45, 2.75) is 50.5 Å². The number of carbonyl (C=O) groups is 2. The largest absolute Gasteiger partial charge is 0.394 e. The normalized spacial score (nSPS) is 36.5. The van der Waals surface area contributed by atoms with E-state index in [1.165, 1.54) is 6.92 Å². The highest BCUT2D eigenvalue weighted by molar-refractivity contribution is 5.74. The van der Waals surface area contributed by atoms with Crippen LogP contribution in [-0.2, 0) is 24.1 Å². The van der Waals surface area contributed by atoms with E-state index in [4.69, 9.17) is 9.84 Å². The minimum Gasteiger partial charge on any atom is -0.394 e. The molecule has 2 unspecified atom stereocenters. The molecule has 1 saturated heterocycles. The van der Waals surface area contributed by atoms with Crippen molar-refractivity contribution in [3.05, 3.63) is 0 Å². The van der Waals surface area contributed by atoms with Crippen molar-refractivity contribution in [1.29, 1.82) is 0 Å². The Hall–Kier alpha value is -1.30. The fraction of sp³-hybridized carbons (Fsp3) is 0.833. The molecule has 0 amide bonds. The Morgan fingerprint density at radius 1 is 1.23 bits per heavy atom. The zero-order chi connectivity index (χ0) is 17.1. The Kier molecular flexibility index (Phi) is 6.23. The molecule has 1 heterocycles. The van der Waals surface area contributed by atoms with Crippen molar-refractivity contribution in [2.75, 3.05) is 6.61 Å². The topological polar surface area (TPSA) is 163 Å². The summed E-state index contributed by atoms with van der Waals surface area (Å²) in [6.45, 7) is 1.65. The average Bonchev–Trinajstić information content (AvgIpc) is 2.47. The van der Waals surface area contributed by atoms with E-state index in [9.17, 15) is 30.0 Å². The summed E-state index contributed by atoms with van der Waals surface area (Å²) in [6, 6.07) is 0. The van der Waals surface area contributed by atoms with Crippen molar-refractivity contribution >= 4 is 11.9 Å². The summed E-state index contributed by atoms with van der Waals surface area (Å²) in [5, 5.41) is 48.8. The second kappa shape index (κ2) is 7.31. The molecule has 0 aromatic carbocycles. The van der Waals surface area contributed by atoms with Crippen LogP contribution in [0.5, 0.6) is 0 Å². The first-order valence-corrected chi connectivity index (χ1v) is 6.63. The van der Waals surface area contributed by atoms with E-state index in [2.05, 4.69) is 9.78 Å². The molecular weight excluding hydrogens is 304 g/mol. The van der Waals surface area contributed by atoms with Crippen LogP contribution in [0.15, 0.2) is 0 Å². The van der Waals surface area contributed by atoms with Gasteiger partial charge in [-0.2, -0.15) is 0 Å². The molecule has 0 spiro atoms. The third kappa shape index (κ3) is 3.54. The fourth-order valence-electron chi connectivity index (χ4n) is 2.25. The average molecular weight is 324 g/mol. The molecule has 0 saturated carbocycles. The van der Waals surface area contributed by atoms with Gasteiger partial charge in [-0.15, -0.1) is 0 Å². The van der Waals surface area contributed by atoms with Crippen molar-refractivity contribution in [2.24, 2.45) is 5.92 Å². The number of carbonyl (C=O) groups excluding carboxylic acids is 2. The van der Waals surface area contributed by atoms with Crippen LogP contribution < -0.4 is 0 Å². The van der Waals surface area contributed by atoms with Gasteiger partial charge < -0.3 is 30.3 Å². The standard InChI is InChI=1S/C12H20O10/c1-3-6(11(18)22-21-5(2)14)12(19)10(17)9(16)8(15)7(4-13)20-12/h6-10,13,15-17,19H,3-4H2,1-2H3/t6?,7-,8-,9+,10-,12?/m1/s1. The summed E-state index contributed by atoms with van der Waals surface area (Å²) in [5.41, 5.74) is 0. The van der Waals surface area contributed by atoms with Crippen LogP contribution in [0, 0.1) is 5.92 Å². The minimum atomic E-state index is -2.64. The number of rotatable bonds is 4. The summed E-state index contributed by atoms with van der Waals surface area (Å²) in [7, 11) is 0. The molecule has 5 N–H and O–H groups in total. The molecule has 0 aromatic rings. The van der Waals surface area contributed by atoms with E-state index in [-0.39, 0.29) is 6.42 Å². The summed E-state index contributed by atoms with van der Waals surface area (Å²) in [4.78, 5) is 30.7. The van der Waals surface area contributed by atoms with E-state index < -0.39 is 54.7 Å². The van der Waals surface area contributed by atoms with E-state index in [1.807, 2.05) is 0 Å². The maximum absolute atomic E-state index is 11.9. The zero-order valence-electron chi connectivity index (χ0n) is 12.1. The Morgan fingerprint density at radius 3 is 2.27 bits per heavy atom. The Morgan fingerprint density at radius 2 is 1.82 bits per heavy atom. The Labute approximate surface area is 125 Å². The van der Waals surface area contributed by atoms with Gasteiger partial charge in [-0.05, 0) is 6.42 Å². The van der Waals surface area contributed by atoms with Gasteiger partial charge in [0.25, 0.3) is 0 Å². The molecule has 1 fully saturated rings. The minimum absolute atomic E-state index is 0.116. The molecule has 0 radical (unpaired) electrons. The monoisotopic (exact) mass is 324 g/mol. The molecule has 1 aliphatic heterocycles. The first-order chi connectivity index (χ1) is 10.2. The first-order valence-electron chi connectivity index (χ1n) is 6.63. The number of aliphatic hydroxyl groups excluding tert-OH is 4. The predicted octanol–water partition coefficient (Wildman–Crippen LogP) is -2.80. The molecule has 128 valence electrons. The van der Waals surface area contributed by atoms with Gasteiger partial charge in [-0.25, -0.2) is 19.4 Å². The molecule has 22 heavy (non-hydrogen) atoms. The Balaban J connectivity index is 3.00. The zero-order valence-corrected chi connectivity index (χ0v) is 12.1. The van der Waals surface area contributed by atoms with Gasteiger partial charge in [0.15, 0.2) is 0 Å². The predicted molar refractivity (Wildman–Crippen MR) is 66.6 cm³/mol. The molecule has 0 aliphatic carbocycles. The first kappa shape index (κ1) is 18.7. The van der Waals surface area contributed by atoms with Crippen LogP contribution in [-0.4, -0.2) is 74.3 Å². The summed E-state index contributed by atoms with van der Waals surface area (Å²) in [5.74, 6) is -6.32. The molecule has 0 aromatic heterocycles. The lowest BCUT2D eigenvalue weighted by atomic mass is 9.83. The van der Waals surface area contributed by atoms with Crippen LogP contribution in [0.25, 0.3) is 0 Å². The van der Waals surface area contributed by atoms with Crippen molar-refractivity contribution in [3.63, 3.8) is 0 Å². The number of hydrogen-bond acceptors (Lipinski definition) is 10. The number of aliphatic hydroxyl groups is 5. The van der Waals surface area contributed by atoms with Crippen LogP contribution in [0.1, 0.15) is 20.3 Å². The highest BCUT2D eigenvalue weighted by atomic mass is 17.2. The summed E-state index contributed by atoms with van der Waals surface area (Å²) < 4.78 is 5.00. The van der Waals surface area contributed by atoms with Crippen molar-refractivity contribution < 1.29 is 49.6 Å². The third-order valence-corrected chi connectivity index (χ3v) is 3.43. The lowest BCUT2D eigenvalue weighted by Gasteiger charge is -2.47. The maximum atomic E-state index is 11.9. The highest BCUT2D eigenvalue weighted by Gasteiger charge is 2.58. The molecule has 0 bridgehead atoms. The van der Waals surface area contributed by atoms with Crippen LogP contribution in [0.2, 0.25) is 0 Å². The molecule has 1 rings (SSSR count). The van der Waals surface area contributed by atoms with Gasteiger partial charge in [0, 0.05) is 6.92 Å².